The van der Waals surface area contributed by atoms with E-state index in [1.807, 2.05) is 19.9 Å². The molecule has 0 aliphatic carbocycles. The number of nitrogens with one attached hydrogen (secondary N) is 2. The SMILES string of the molecule is CC(C)n1cc(NC(=O)NC[C@@H](c2ccccc2)N2CCCCCC2)nn1. The van der Waals surface area contributed by atoms with Gasteiger partial charge >= 0.3 is 6.03 Å². The molecule has 1 aromatic carbocycles. The smallest absolute Gasteiger partial charge is 0.320 e. The van der Waals surface area contributed by atoms with Gasteiger partial charge in [-0.3, -0.25) is 10.2 Å². The van der Waals surface area contributed by atoms with Crippen molar-refractivity contribution in [2.45, 2.75) is 51.6 Å². The van der Waals surface area contributed by atoms with E-state index >= 15 is 0 Å². The lowest BCUT2D eigenvalue weighted by molar-refractivity contribution is 0.198. The molecule has 7 nitrogen and oxygen atoms in total. The van der Waals surface area contributed by atoms with Crippen LogP contribution in [-0.4, -0.2) is 45.6 Å². The highest BCUT2D eigenvalue weighted by atomic mass is 16.2. The van der Waals surface area contributed by atoms with E-state index in [9.17, 15) is 4.79 Å². The molecular weight excluding hydrogens is 340 g/mol. The summed E-state index contributed by atoms with van der Waals surface area (Å²) in [6.07, 6.45) is 6.75. The van der Waals surface area contributed by atoms with Crippen LogP contribution in [0.3, 0.4) is 0 Å². The fourth-order valence-electron chi connectivity index (χ4n) is 3.48. The number of anilines is 1. The molecule has 0 radical (unpaired) electrons. The van der Waals surface area contributed by atoms with Crippen molar-refractivity contribution in [3.8, 4) is 0 Å². The van der Waals surface area contributed by atoms with Gasteiger partial charge in [0.1, 0.15) is 0 Å². The molecule has 2 N–H and O–H groups in total. The van der Waals surface area contributed by atoms with Gasteiger partial charge in [0, 0.05) is 12.6 Å². The number of urea groups is 1. The summed E-state index contributed by atoms with van der Waals surface area (Å²) in [6, 6.07) is 10.6. The number of likely N-dealkylation sites (tertiary alicyclic amines) is 1. The Balaban J connectivity index is 1.62. The molecule has 3 rings (SSSR count). The molecule has 1 aliphatic rings. The van der Waals surface area contributed by atoms with E-state index in [1.165, 1.54) is 31.2 Å². The summed E-state index contributed by atoms with van der Waals surface area (Å²) < 4.78 is 1.72. The van der Waals surface area contributed by atoms with Gasteiger partial charge in [-0.15, -0.1) is 5.10 Å². The molecule has 7 heteroatoms. The summed E-state index contributed by atoms with van der Waals surface area (Å²) in [5.41, 5.74) is 1.24. The first-order chi connectivity index (χ1) is 13.1. The molecular formula is C20H30N6O. The van der Waals surface area contributed by atoms with Crippen molar-refractivity contribution in [2.75, 3.05) is 25.0 Å². The van der Waals surface area contributed by atoms with Crippen molar-refractivity contribution < 1.29 is 4.79 Å². The highest BCUT2D eigenvalue weighted by Crippen LogP contribution is 2.23. The number of hydrogen-bond donors (Lipinski definition) is 2. The molecule has 2 amide bonds. The Labute approximate surface area is 161 Å². The van der Waals surface area contributed by atoms with Gasteiger partial charge in [-0.1, -0.05) is 48.4 Å². The first kappa shape index (κ1) is 19.4. The van der Waals surface area contributed by atoms with Crippen LogP contribution >= 0.6 is 0 Å². The highest BCUT2D eigenvalue weighted by Gasteiger charge is 2.22. The first-order valence-corrected chi connectivity index (χ1v) is 9.89. The van der Waals surface area contributed by atoms with Crippen LogP contribution < -0.4 is 10.6 Å². The Morgan fingerprint density at radius 3 is 2.44 bits per heavy atom. The monoisotopic (exact) mass is 370 g/mol. The molecule has 1 aromatic heterocycles. The van der Waals surface area contributed by atoms with Crippen LogP contribution in [0.2, 0.25) is 0 Å². The predicted octanol–water partition coefficient (Wildman–Crippen LogP) is 3.60. The molecule has 146 valence electrons. The Morgan fingerprint density at radius 1 is 1.11 bits per heavy atom. The molecule has 27 heavy (non-hydrogen) atoms. The normalized spacial score (nSPS) is 16.7. The molecule has 1 atom stereocenters. The summed E-state index contributed by atoms with van der Waals surface area (Å²) >= 11 is 0. The number of amides is 2. The van der Waals surface area contributed by atoms with Crippen molar-refractivity contribution in [1.82, 2.24) is 25.2 Å². The number of carbonyl (C=O) groups is 1. The van der Waals surface area contributed by atoms with E-state index in [1.54, 1.807) is 10.9 Å². The van der Waals surface area contributed by atoms with Crippen molar-refractivity contribution in [3.63, 3.8) is 0 Å². The Bertz CT molecular complexity index is 706. The molecule has 1 saturated heterocycles. The molecule has 0 saturated carbocycles. The number of benzene rings is 1. The second kappa shape index (κ2) is 9.50. The second-order valence-electron chi connectivity index (χ2n) is 7.39. The summed E-state index contributed by atoms with van der Waals surface area (Å²) in [4.78, 5) is 14.9. The first-order valence-electron chi connectivity index (χ1n) is 9.89. The lowest BCUT2D eigenvalue weighted by Crippen LogP contribution is -2.40. The van der Waals surface area contributed by atoms with E-state index < -0.39 is 0 Å². The zero-order chi connectivity index (χ0) is 19.1. The second-order valence-corrected chi connectivity index (χ2v) is 7.39. The van der Waals surface area contributed by atoms with Gasteiger partial charge in [0.2, 0.25) is 0 Å². The zero-order valence-electron chi connectivity index (χ0n) is 16.3. The molecule has 0 spiro atoms. The van der Waals surface area contributed by atoms with E-state index in [2.05, 4.69) is 50.1 Å². The summed E-state index contributed by atoms with van der Waals surface area (Å²) in [7, 11) is 0. The van der Waals surface area contributed by atoms with Crippen LogP contribution in [-0.2, 0) is 0 Å². The van der Waals surface area contributed by atoms with Crippen LogP contribution in [0.4, 0.5) is 10.6 Å². The third kappa shape index (κ3) is 5.53. The van der Waals surface area contributed by atoms with Gasteiger partial charge in [0.25, 0.3) is 0 Å². The predicted molar refractivity (Wildman–Crippen MR) is 107 cm³/mol. The molecule has 1 fully saturated rings. The lowest BCUT2D eigenvalue weighted by atomic mass is 10.0. The third-order valence-corrected chi connectivity index (χ3v) is 5.00. The van der Waals surface area contributed by atoms with Gasteiger partial charge in [-0.05, 0) is 45.3 Å². The molecule has 2 aromatic rings. The number of aromatic nitrogens is 3. The van der Waals surface area contributed by atoms with E-state index in [4.69, 9.17) is 0 Å². The summed E-state index contributed by atoms with van der Waals surface area (Å²) in [5, 5.41) is 13.8. The fraction of sp³-hybridized carbons (Fsp3) is 0.550. The van der Waals surface area contributed by atoms with Crippen molar-refractivity contribution >= 4 is 11.8 Å². The quantitative estimate of drug-likeness (QED) is 0.815. The lowest BCUT2D eigenvalue weighted by Gasteiger charge is -2.31. The Morgan fingerprint density at radius 2 is 1.81 bits per heavy atom. The fourth-order valence-corrected chi connectivity index (χ4v) is 3.48. The Hall–Kier alpha value is -2.41. The minimum absolute atomic E-state index is 0.182. The number of hydrogen-bond acceptors (Lipinski definition) is 4. The highest BCUT2D eigenvalue weighted by molar-refractivity contribution is 5.87. The van der Waals surface area contributed by atoms with Gasteiger partial charge in [-0.25, -0.2) is 9.48 Å². The average molecular weight is 371 g/mol. The van der Waals surface area contributed by atoms with Gasteiger partial charge in [-0.2, -0.15) is 0 Å². The molecule has 0 bridgehead atoms. The van der Waals surface area contributed by atoms with Crippen LogP contribution in [0, 0.1) is 0 Å². The van der Waals surface area contributed by atoms with Crippen LogP contribution in [0.25, 0.3) is 0 Å². The largest absolute Gasteiger partial charge is 0.336 e. The minimum Gasteiger partial charge on any atom is -0.336 e. The van der Waals surface area contributed by atoms with Crippen molar-refractivity contribution in [1.29, 1.82) is 0 Å². The molecule has 2 heterocycles. The average Bonchev–Trinajstić information content (AvgIpc) is 2.97. The maximum absolute atomic E-state index is 12.4. The number of carbonyl (C=O) groups excluding carboxylic acids is 1. The van der Waals surface area contributed by atoms with Crippen LogP contribution in [0.5, 0.6) is 0 Å². The van der Waals surface area contributed by atoms with Gasteiger partial charge < -0.3 is 5.32 Å². The minimum atomic E-state index is -0.249. The third-order valence-electron chi connectivity index (χ3n) is 5.00. The topological polar surface area (TPSA) is 75.1 Å². The van der Waals surface area contributed by atoms with Crippen molar-refractivity contribution in [3.05, 3.63) is 42.1 Å². The molecule has 0 unspecified atom stereocenters. The van der Waals surface area contributed by atoms with Gasteiger partial charge in [0.15, 0.2) is 5.82 Å². The standard InChI is InChI=1S/C20H30N6O/c1-16(2)26-15-19(23-24-26)22-20(27)21-14-18(17-10-6-5-7-11-17)25-12-8-3-4-9-13-25/h5-7,10-11,15-16,18H,3-4,8-9,12-14H2,1-2H3,(H2,21,22,27)/t18-/m0/s1. The zero-order valence-corrected chi connectivity index (χ0v) is 16.3. The van der Waals surface area contributed by atoms with E-state index in [0.29, 0.717) is 12.4 Å². The molecule has 1 aliphatic heterocycles. The van der Waals surface area contributed by atoms with Crippen LogP contribution in [0.1, 0.15) is 57.2 Å². The van der Waals surface area contributed by atoms with Crippen LogP contribution in [0.15, 0.2) is 36.5 Å². The maximum atomic E-state index is 12.4. The van der Waals surface area contributed by atoms with Crippen molar-refractivity contribution in [2.24, 2.45) is 0 Å². The summed E-state index contributed by atoms with van der Waals surface area (Å²) in [5.74, 6) is 0.465. The number of nitrogens with zero attached hydrogens (tertiary/aromatic N) is 4. The van der Waals surface area contributed by atoms with Gasteiger partial charge in [0.05, 0.1) is 12.2 Å². The van der Waals surface area contributed by atoms with E-state index in [-0.39, 0.29) is 18.1 Å². The number of rotatable bonds is 6. The Kier molecular flexibility index (Phi) is 6.81. The summed E-state index contributed by atoms with van der Waals surface area (Å²) in [6.45, 7) is 6.75. The maximum Gasteiger partial charge on any atom is 0.320 e. The van der Waals surface area contributed by atoms with E-state index in [0.717, 1.165) is 13.1 Å².